The monoisotopic (exact) mass is 404 g/mol. The predicted octanol–water partition coefficient (Wildman–Crippen LogP) is 2.07. The molecule has 3 rings (SSSR count). The lowest BCUT2D eigenvalue weighted by Gasteiger charge is -2.09. The van der Waals surface area contributed by atoms with E-state index in [1.54, 1.807) is 12.1 Å². The molecule has 8 nitrogen and oxygen atoms in total. The number of benzene rings is 1. The van der Waals surface area contributed by atoms with Crippen LogP contribution in [0.3, 0.4) is 0 Å². The van der Waals surface area contributed by atoms with E-state index >= 15 is 0 Å². The molecule has 0 aliphatic carbocycles. The lowest BCUT2D eigenvalue weighted by Crippen LogP contribution is -2.44. The van der Waals surface area contributed by atoms with Crippen LogP contribution >= 0.6 is 11.6 Å². The highest BCUT2D eigenvalue weighted by Gasteiger charge is 2.25. The molecule has 0 aliphatic heterocycles. The minimum absolute atomic E-state index is 0.0508. The highest BCUT2D eigenvalue weighted by molar-refractivity contribution is 6.33. The van der Waals surface area contributed by atoms with E-state index in [0.29, 0.717) is 0 Å². The summed E-state index contributed by atoms with van der Waals surface area (Å²) in [4.78, 5) is 36.1. The number of amides is 2. The van der Waals surface area contributed by atoms with Crippen LogP contribution in [0.15, 0.2) is 51.9 Å². The third-order valence-electron chi connectivity index (χ3n) is 3.82. The minimum atomic E-state index is -0.776. The summed E-state index contributed by atoms with van der Waals surface area (Å²) in [6.07, 6.45) is 1.44. The molecule has 0 fully saturated rings. The molecule has 10 heteroatoms. The van der Waals surface area contributed by atoms with E-state index in [-0.39, 0.29) is 39.7 Å². The van der Waals surface area contributed by atoms with Crippen LogP contribution in [-0.2, 0) is 11.3 Å². The molecule has 0 radical (unpaired) electrons. The number of carbonyl (C=O) groups excluding carboxylic acids is 2. The number of hydrogen-bond donors (Lipinski definition) is 2. The molecule has 0 unspecified atom stereocenters. The average Bonchev–Trinajstić information content (AvgIpc) is 3.03. The molecule has 144 valence electrons. The number of halogens is 2. The second-order valence-corrected chi connectivity index (χ2v) is 6.14. The van der Waals surface area contributed by atoms with Crippen molar-refractivity contribution in [1.29, 1.82) is 0 Å². The van der Waals surface area contributed by atoms with Crippen LogP contribution in [0.2, 0.25) is 5.02 Å². The van der Waals surface area contributed by atoms with Gasteiger partial charge < -0.3 is 9.09 Å². The first-order valence-corrected chi connectivity index (χ1v) is 8.41. The quantitative estimate of drug-likeness (QED) is 0.647. The molecule has 2 heterocycles. The number of carbonyl (C=O) groups is 2. The molecule has 2 N–H and O–H groups in total. The van der Waals surface area contributed by atoms with E-state index in [0.717, 1.165) is 4.57 Å². The fourth-order valence-corrected chi connectivity index (χ4v) is 2.76. The van der Waals surface area contributed by atoms with E-state index in [2.05, 4.69) is 16.0 Å². The van der Waals surface area contributed by atoms with Crippen molar-refractivity contribution in [3.63, 3.8) is 0 Å². The van der Waals surface area contributed by atoms with Gasteiger partial charge in [0.1, 0.15) is 29.4 Å². The Morgan fingerprint density at radius 1 is 1.21 bits per heavy atom. The van der Waals surface area contributed by atoms with Crippen molar-refractivity contribution in [2.45, 2.75) is 13.5 Å². The largest absolute Gasteiger partial charge is 0.360 e. The van der Waals surface area contributed by atoms with Gasteiger partial charge in [0.25, 0.3) is 17.4 Å². The summed E-state index contributed by atoms with van der Waals surface area (Å²) in [6.45, 7) is 1.17. The van der Waals surface area contributed by atoms with Gasteiger partial charge in [-0.3, -0.25) is 25.2 Å². The Labute approximate surface area is 162 Å². The normalized spacial score (nSPS) is 10.5. The number of nitrogens with zero attached hydrogens (tertiary/aromatic N) is 2. The molecule has 2 amide bonds. The smallest absolute Gasteiger partial charge is 0.275 e. The fraction of sp³-hybridized carbons (Fsp3) is 0.111. The molecule has 2 aromatic heterocycles. The van der Waals surface area contributed by atoms with Crippen molar-refractivity contribution in [1.82, 2.24) is 20.6 Å². The number of pyridine rings is 1. The van der Waals surface area contributed by atoms with Crippen molar-refractivity contribution < 1.29 is 18.5 Å². The van der Waals surface area contributed by atoms with Gasteiger partial charge in [-0.1, -0.05) is 28.9 Å². The summed E-state index contributed by atoms with van der Waals surface area (Å²) in [6, 6.07) is 8.48. The van der Waals surface area contributed by atoms with Crippen molar-refractivity contribution >= 4 is 23.4 Å². The molecule has 0 saturated heterocycles. The zero-order valence-electron chi connectivity index (χ0n) is 14.5. The Morgan fingerprint density at radius 2 is 2.00 bits per heavy atom. The van der Waals surface area contributed by atoms with Gasteiger partial charge in [-0.25, -0.2) is 4.39 Å². The van der Waals surface area contributed by atoms with Crippen molar-refractivity contribution in [3.8, 4) is 11.3 Å². The number of nitrogens with one attached hydrogen (secondary N) is 2. The van der Waals surface area contributed by atoms with E-state index < -0.39 is 17.6 Å². The molecule has 28 heavy (non-hydrogen) atoms. The lowest BCUT2D eigenvalue weighted by molar-refractivity contribution is -0.122. The number of rotatable bonds is 4. The zero-order chi connectivity index (χ0) is 20.3. The fourth-order valence-electron chi connectivity index (χ4n) is 2.51. The molecule has 0 atom stereocenters. The van der Waals surface area contributed by atoms with Crippen molar-refractivity contribution in [2.24, 2.45) is 0 Å². The van der Waals surface area contributed by atoms with Gasteiger partial charge in [0.2, 0.25) is 0 Å². The highest BCUT2D eigenvalue weighted by atomic mass is 35.5. The van der Waals surface area contributed by atoms with Gasteiger partial charge in [-0.15, -0.1) is 0 Å². The van der Waals surface area contributed by atoms with Crippen LogP contribution < -0.4 is 16.4 Å². The van der Waals surface area contributed by atoms with Gasteiger partial charge >= 0.3 is 0 Å². The van der Waals surface area contributed by atoms with Crippen LogP contribution in [0.25, 0.3) is 11.3 Å². The van der Waals surface area contributed by atoms with Gasteiger partial charge in [0.15, 0.2) is 0 Å². The molecule has 0 bridgehead atoms. The highest BCUT2D eigenvalue weighted by Crippen LogP contribution is 2.33. The summed E-state index contributed by atoms with van der Waals surface area (Å²) >= 11 is 6.03. The molecule has 0 saturated carbocycles. The Balaban J connectivity index is 1.77. The lowest BCUT2D eigenvalue weighted by atomic mass is 10.1. The minimum Gasteiger partial charge on any atom is -0.360 e. The Morgan fingerprint density at radius 3 is 2.71 bits per heavy atom. The third kappa shape index (κ3) is 3.94. The van der Waals surface area contributed by atoms with Gasteiger partial charge in [0, 0.05) is 12.3 Å². The third-order valence-corrected chi connectivity index (χ3v) is 4.13. The first-order valence-electron chi connectivity index (χ1n) is 8.03. The topological polar surface area (TPSA) is 106 Å². The maximum Gasteiger partial charge on any atom is 0.275 e. The number of aromatic nitrogens is 2. The number of aryl methyl sites for hydroxylation is 1. The van der Waals surface area contributed by atoms with E-state index in [9.17, 15) is 18.8 Å². The first-order chi connectivity index (χ1) is 13.4. The summed E-state index contributed by atoms with van der Waals surface area (Å²) < 4.78 is 20.4. The van der Waals surface area contributed by atoms with Crippen molar-refractivity contribution in [2.75, 3.05) is 0 Å². The molecule has 0 spiro atoms. The molecule has 3 aromatic rings. The van der Waals surface area contributed by atoms with E-state index in [1.165, 1.54) is 37.4 Å². The van der Waals surface area contributed by atoms with Crippen LogP contribution in [0.1, 0.15) is 16.1 Å². The average molecular weight is 405 g/mol. The van der Waals surface area contributed by atoms with Crippen LogP contribution in [0, 0.1) is 12.7 Å². The SMILES string of the molecule is Cc1onc(-c2c(F)cccc2Cl)c1C(=O)NNC(=O)Cn1ccccc1=O. The predicted molar refractivity (Wildman–Crippen MR) is 98.0 cm³/mol. The van der Waals surface area contributed by atoms with Crippen LogP contribution in [0.5, 0.6) is 0 Å². The standard InChI is InChI=1S/C18H14ClFN4O4/c1-10-15(17(23-28-10)16-11(19)5-4-6-12(16)20)18(27)22-21-13(25)9-24-8-3-2-7-14(24)26/h2-8H,9H2,1H3,(H,21,25)(H,22,27). The molecular weight excluding hydrogens is 391 g/mol. The summed E-state index contributed by atoms with van der Waals surface area (Å²) in [5.74, 6) is -1.98. The summed E-state index contributed by atoms with van der Waals surface area (Å²) in [7, 11) is 0. The van der Waals surface area contributed by atoms with Crippen LogP contribution in [0.4, 0.5) is 4.39 Å². The van der Waals surface area contributed by atoms with Crippen molar-refractivity contribution in [3.05, 3.63) is 75.1 Å². The van der Waals surface area contributed by atoms with Crippen LogP contribution in [-0.4, -0.2) is 21.5 Å². The zero-order valence-corrected chi connectivity index (χ0v) is 15.3. The second-order valence-electron chi connectivity index (χ2n) is 5.73. The maximum atomic E-state index is 14.2. The van der Waals surface area contributed by atoms with Gasteiger partial charge in [-0.05, 0) is 25.1 Å². The maximum absolute atomic E-state index is 14.2. The molecule has 0 aliphatic rings. The Hall–Kier alpha value is -3.46. The molecule has 1 aromatic carbocycles. The number of hydrogen-bond acceptors (Lipinski definition) is 5. The summed E-state index contributed by atoms with van der Waals surface area (Å²) in [5.41, 5.74) is 3.76. The second kappa shape index (κ2) is 8.05. The Kier molecular flexibility index (Phi) is 5.55. The van der Waals surface area contributed by atoms with E-state index in [4.69, 9.17) is 16.1 Å². The molecular formula is C18H14ClFN4O4. The van der Waals surface area contributed by atoms with E-state index in [1.807, 2.05) is 0 Å². The summed E-state index contributed by atoms with van der Waals surface area (Å²) in [5, 5.41) is 3.77. The van der Waals surface area contributed by atoms with Gasteiger partial charge in [0.05, 0.1) is 10.6 Å². The Bertz CT molecular complexity index is 1090. The number of hydrazine groups is 1. The first kappa shape index (κ1) is 19.3. The van der Waals surface area contributed by atoms with Gasteiger partial charge in [-0.2, -0.15) is 0 Å².